The number of nitrogens with two attached hydrogens (primary N) is 1. The minimum absolute atomic E-state index is 0.0200. The number of amides is 1. The van der Waals surface area contributed by atoms with Crippen LogP contribution in [-0.2, 0) is 0 Å². The summed E-state index contributed by atoms with van der Waals surface area (Å²) in [5, 5.41) is 15.6. The molecule has 1 heterocycles. The maximum atomic E-state index is 11.4. The number of aromatic nitrogens is 2. The van der Waals surface area contributed by atoms with Gasteiger partial charge in [-0.15, -0.1) is 0 Å². The molecule has 0 atom stereocenters. The number of benzene rings is 1. The Morgan fingerprint density at radius 1 is 1.37 bits per heavy atom. The van der Waals surface area contributed by atoms with Crippen molar-refractivity contribution in [2.45, 2.75) is 0 Å². The Hall–Kier alpha value is -2.83. The molecule has 1 amide bonds. The fraction of sp³-hybridized carbons (Fsp3) is 0.0833. The summed E-state index contributed by atoms with van der Waals surface area (Å²) in [4.78, 5) is 22.6. The van der Waals surface area contributed by atoms with Gasteiger partial charge in [-0.1, -0.05) is 0 Å². The molecule has 0 fully saturated rings. The lowest BCUT2D eigenvalue weighted by Crippen LogP contribution is -2.18. The van der Waals surface area contributed by atoms with E-state index in [9.17, 15) is 9.59 Å². The van der Waals surface area contributed by atoms with E-state index in [0.29, 0.717) is 11.4 Å². The lowest BCUT2D eigenvalue weighted by molar-refractivity contribution is 0.0696. The molecule has 0 unspecified atom stereocenters. The Morgan fingerprint density at radius 2 is 2.11 bits per heavy atom. The highest BCUT2D eigenvalue weighted by Crippen LogP contribution is 2.18. The average molecular weight is 260 g/mol. The van der Waals surface area contributed by atoms with E-state index >= 15 is 0 Å². The number of nitrogen functional groups attached to an aromatic ring is 1. The topological polar surface area (TPSA) is 110 Å². The van der Waals surface area contributed by atoms with Gasteiger partial charge in [0.2, 0.25) is 0 Å². The van der Waals surface area contributed by atoms with E-state index in [1.54, 1.807) is 12.1 Å². The number of nitrogens with one attached hydrogen (secondary N) is 1. The van der Waals surface area contributed by atoms with Crippen LogP contribution in [0.2, 0.25) is 0 Å². The standard InChI is InChI=1S/C12H12N4O3/c1-14-11(17)9-4-5-16(15-9)10-3-2-7(13)6-8(10)12(18)19/h2-6H,13H2,1H3,(H,14,17)(H,18,19). The minimum atomic E-state index is -1.11. The van der Waals surface area contributed by atoms with E-state index in [1.807, 2.05) is 0 Å². The van der Waals surface area contributed by atoms with Crippen molar-refractivity contribution >= 4 is 17.6 Å². The van der Waals surface area contributed by atoms with E-state index in [-0.39, 0.29) is 17.2 Å². The minimum Gasteiger partial charge on any atom is -0.478 e. The van der Waals surface area contributed by atoms with Crippen molar-refractivity contribution in [1.29, 1.82) is 0 Å². The third kappa shape index (κ3) is 2.39. The van der Waals surface area contributed by atoms with Crippen molar-refractivity contribution in [3.05, 3.63) is 41.7 Å². The predicted molar refractivity (Wildman–Crippen MR) is 68.3 cm³/mol. The lowest BCUT2D eigenvalue weighted by Gasteiger charge is -2.06. The van der Waals surface area contributed by atoms with Gasteiger partial charge in [-0.3, -0.25) is 4.79 Å². The third-order valence-electron chi connectivity index (χ3n) is 2.55. The zero-order chi connectivity index (χ0) is 14.0. The molecule has 0 bridgehead atoms. The number of anilines is 1. The first-order valence-corrected chi connectivity index (χ1v) is 5.44. The molecule has 0 aliphatic rings. The molecular formula is C12H12N4O3. The van der Waals surface area contributed by atoms with Gasteiger partial charge in [0.1, 0.15) is 0 Å². The number of aromatic carboxylic acids is 1. The van der Waals surface area contributed by atoms with E-state index in [0.717, 1.165) is 0 Å². The summed E-state index contributed by atoms with van der Waals surface area (Å²) in [6, 6.07) is 5.96. The van der Waals surface area contributed by atoms with Gasteiger partial charge >= 0.3 is 5.97 Å². The second-order valence-electron chi connectivity index (χ2n) is 3.81. The van der Waals surface area contributed by atoms with Crippen molar-refractivity contribution in [2.24, 2.45) is 0 Å². The van der Waals surface area contributed by atoms with Crippen LogP contribution in [0.4, 0.5) is 5.69 Å². The van der Waals surface area contributed by atoms with Crippen LogP contribution < -0.4 is 11.1 Å². The van der Waals surface area contributed by atoms with Gasteiger partial charge in [0.25, 0.3) is 5.91 Å². The summed E-state index contributed by atoms with van der Waals surface area (Å²) in [5.74, 6) is -1.45. The largest absolute Gasteiger partial charge is 0.478 e. The van der Waals surface area contributed by atoms with Crippen molar-refractivity contribution in [2.75, 3.05) is 12.8 Å². The van der Waals surface area contributed by atoms with Gasteiger partial charge in [0.15, 0.2) is 5.69 Å². The summed E-state index contributed by atoms with van der Waals surface area (Å²) in [5.41, 5.74) is 6.48. The summed E-state index contributed by atoms with van der Waals surface area (Å²) >= 11 is 0. The Balaban J connectivity index is 2.50. The van der Waals surface area contributed by atoms with Crippen LogP contribution in [0.3, 0.4) is 0 Å². The van der Waals surface area contributed by atoms with E-state index in [2.05, 4.69) is 10.4 Å². The molecule has 0 radical (unpaired) electrons. The molecule has 98 valence electrons. The molecule has 7 heteroatoms. The fourth-order valence-electron chi connectivity index (χ4n) is 1.63. The molecule has 2 aromatic rings. The Bertz CT molecular complexity index is 648. The van der Waals surface area contributed by atoms with E-state index in [4.69, 9.17) is 10.8 Å². The lowest BCUT2D eigenvalue weighted by atomic mass is 10.1. The molecular weight excluding hydrogens is 248 g/mol. The van der Waals surface area contributed by atoms with Crippen molar-refractivity contribution < 1.29 is 14.7 Å². The zero-order valence-electron chi connectivity index (χ0n) is 10.1. The number of nitrogens with zero attached hydrogens (tertiary/aromatic N) is 2. The number of hydrogen-bond acceptors (Lipinski definition) is 4. The van der Waals surface area contributed by atoms with Crippen LogP contribution in [0.15, 0.2) is 30.5 Å². The molecule has 0 aliphatic heterocycles. The number of hydrogen-bond donors (Lipinski definition) is 3. The van der Waals surface area contributed by atoms with Crippen molar-refractivity contribution in [1.82, 2.24) is 15.1 Å². The van der Waals surface area contributed by atoms with Crippen LogP contribution in [-0.4, -0.2) is 33.8 Å². The van der Waals surface area contributed by atoms with Gasteiger partial charge in [-0.2, -0.15) is 5.10 Å². The summed E-state index contributed by atoms with van der Waals surface area (Å²) in [6.45, 7) is 0. The molecule has 0 spiro atoms. The van der Waals surface area contributed by atoms with Crippen LogP contribution in [0.1, 0.15) is 20.8 Å². The number of carbonyl (C=O) groups is 2. The Kier molecular flexibility index (Phi) is 3.19. The van der Waals surface area contributed by atoms with Gasteiger partial charge in [0.05, 0.1) is 11.3 Å². The average Bonchev–Trinajstić information content (AvgIpc) is 2.87. The van der Waals surface area contributed by atoms with Crippen molar-refractivity contribution in [3.63, 3.8) is 0 Å². The Labute approximate surface area is 108 Å². The second kappa shape index (κ2) is 4.81. The van der Waals surface area contributed by atoms with Crippen LogP contribution in [0, 0.1) is 0 Å². The van der Waals surface area contributed by atoms with Crippen LogP contribution >= 0.6 is 0 Å². The molecule has 19 heavy (non-hydrogen) atoms. The highest BCUT2D eigenvalue weighted by Gasteiger charge is 2.14. The van der Waals surface area contributed by atoms with Gasteiger partial charge in [-0.05, 0) is 24.3 Å². The predicted octanol–water partition coefficient (Wildman–Crippen LogP) is 0.512. The monoisotopic (exact) mass is 260 g/mol. The third-order valence-corrected chi connectivity index (χ3v) is 2.55. The van der Waals surface area contributed by atoms with Crippen LogP contribution in [0.25, 0.3) is 5.69 Å². The number of carboxylic acid groups (broad SMARTS) is 1. The summed E-state index contributed by atoms with van der Waals surface area (Å²) < 4.78 is 1.33. The number of rotatable bonds is 3. The first kappa shape index (κ1) is 12.6. The summed E-state index contributed by atoms with van der Waals surface area (Å²) in [7, 11) is 1.49. The maximum Gasteiger partial charge on any atom is 0.337 e. The van der Waals surface area contributed by atoms with Gasteiger partial charge in [0, 0.05) is 18.9 Å². The summed E-state index contributed by atoms with van der Waals surface area (Å²) in [6.07, 6.45) is 1.52. The molecule has 4 N–H and O–H groups in total. The van der Waals surface area contributed by atoms with Crippen molar-refractivity contribution in [3.8, 4) is 5.69 Å². The molecule has 2 rings (SSSR count). The molecule has 1 aromatic heterocycles. The highest BCUT2D eigenvalue weighted by molar-refractivity contribution is 5.94. The SMILES string of the molecule is CNC(=O)c1ccn(-c2ccc(N)cc2C(=O)O)n1. The number of carbonyl (C=O) groups excluding carboxylic acids is 1. The van der Waals surface area contributed by atoms with Gasteiger partial charge < -0.3 is 16.2 Å². The first-order valence-electron chi connectivity index (χ1n) is 5.44. The highest BCUT2D eigenvalue weighted by atomic mass is 16.4. The first-order chi connectivity index (χ1) is 9.02. The molecule has 0 saturated carbocycles. The maximum absolute atomic E-state index is 11.4. The smallest absolute Gasteiger partial charge is 0.337 e. The van der Waals surface area contributed by atoms with E-state index in [1.165, 1.54) is 30.1 Å². The second-order valence-corrected chi connectivity index (χ2v) is 3.81. The molecule has 7 nitrogen and oxygen atoms in total. The molecule has 1 aromatic carbocycles. The number of carboxylic acids is 1. The Morgan fingerprint density at radius 3 is 2.74 bits per heavy atom. The normalized spacial score (nSPS) is 10.2. The zero-order valence-corrected chi connectivity index (χ0v) is 10.1. The van der Waals surface area contributed by atoms with Gasteiger partial charge in [-0.25, -0.2) is 9.48 Å². The van der Waals surface area contributed by atoms with E-state index < -0.39 is 5.97 Å². The molecule has 0 aliphatic carbocycles. The molecule has 0 saturated heterocycles. The quantitative estimate of drug-likeness (QED) is 0.696. The fourth-order valence-corrected chi connectivity index (χ4v) is 1.63. The van der Waals surface area contributed by atoms with Crippen LogP contribution in [0.5, 0.6) is 0 Å².